The minimum Gasteiger partial charge on any atom is -0.493 e. The van der Waals surface area contributed by atoms with Crippen LogP contribution < -0.4 is 10.1 Å². The van der Waals surface area contributed by atoms with E-state index in [2.05, 4.69) is 15.5 Å². The van der Waals surface area contributed by atoms with Gasteiger partial charge in [-0.15, -0.1) is 0 Å². The molecular weight excluding hydrogens is 254 g/mol. The van der Waals surface area contributed by atoms with E-state index in [4.69, 9.17) is 16.3 Å². The van der Waals surface area contributed by atoms with Crippen LogP contribution in [0.3, 0.4) is 0 Å². The van der Waals surface area contributed by atoms with Crippen LogP contribution in [-0.4, -0.2) is 22.7 Å². The number of halogens is 1. The third-order valence-corrected chi connectivity index (χ3v) is 2.40. The molecule has 0 fully saturated rings. The van der Waals surface area contributed by atoms with E-state index in [0.29, 0.717) is 23.2 Å². The molecule has 5 nitrogen and oxygen atoms in total. The molecule has 1 amide bonds. The summed E-state index contributed by atoms with van der Waals surface area (Å²) >= 11 is 5.81. The van der Waals surface area contributed by atoms with E-state index in [1.54, 1.807) is 36.5 Å². The SMILES string of the molecule is O=C(CCOc1cccc(Cl)c1)Nc1ccn[nH]1. The average molecular weight is 266 g/mol. The normalized spacial score (nSPS) is 10.1. The van der Waals surface area contributed by atoms with Gasteiger partial charge in [-0.2, -0.15) is 5.10 Å². The number of amides is 1. The quantitative estimate of drug-likeness (QED) is 0.873. The highest BCUT2D eigenvalue weighted by atomic mass is 35.5. The molecule has 0 radical (unpaired) electrons. The molecule has 0 aliphatic rings. The fraction of sp³-hybridized carbons (Fsp3) is 0.167. The van der Waals surface area contributed by atoms with Crippen molar-refractivity contribution >= 4 is 23.3 Å². The number of benzene rings is 1. The third-order valence-electron chi connectivity index (χ3n) is 2.17. The van der Waals surface area contributed by atoms with Gasteiger partial charge in [0.15, 0.2) is 0 Å². The zero-order valence-corrected chi connectivity index (χ0v) is 10.3. The number of nitrogens with zero attached hydrogens (tertiary/aromatic N) is 1. The van der Waals surface area contributed by atoms with Gasteiger partial charge < -0.3 is 10.1 Å². The molecule has 1 aromatic carbocycles. The molecule has 0 bridgehead atoms. The molecule has 6 heteroatoms. The second-order valence-corrected chi connectivity index (χ2v) is 4.01. The first-order valence-electron chi connectivity index (χ1n) is 5.41. The summed E-state index contributed by atoms with van der Waals surface area (Å²) in [7, 11) is 0. The lowest BCUT2D eigenvalue weighted by Crippen LogP contribution is -2.15. The largest absolute Gasteiger partial charge is 0.493 e. The van der Waals surface area contributed by atoms with E-state index in [1.165, 1.54) is 0 Å². The van der Waals surface area contributed by atoms with Crippen molar-refractivity contribution in [1.82, 2.24) is 10.2 Å². The Kier molecular flexibility index (Phi) is 4.20. The Bertz CT molecular complexity index is 514. The number of nitrogens with one attached hydrogen (secondary N) is 2. The molecule has 2 aromatic rings. The maximum Gasteiger partial charge on any atom is 0.228 e. The highest BCUT2D eigenvalue weighted by Crippen LogP contribution is 2.17. The molecule has 0 aliphatic carbocycles. The number of carbonyl (C=O) groups is 1. The molecule has 2 rings (SSSR count). The summed E-state index contributed by atoms with van der Waals surface area (Å²) in [6.07, 6.45) is 1.82. The number of anilines is 1. The van der Waals surface area contributed by atoms with Crippen molar-refractivity contribution in [2.24, 2.45) is 0 Å². The predicted molar refractivity (Wildman–Crippen MR) is 68.8 cm³/mol. The van der Waals surface area contributed by atoms with Gasteiger partial charge in [-0.3, -0.25) is 9.89 Å². The van der Waals surface area contributed by atoms with Crippen LogP contribution in [0.25, 0.3) is 0 Å². The third kappa shape index (κ3) is 3.78. The van der Waals surface area contributed by atoms with Gasteiger partial charge in [0.25, 0.3) is 0 Å². The number of ether oxygens (including phenoxy) is 1. The van der Waals surface area contributed by atoms with E-state index in [9.17, 15) is 4.79 Å². The summed E-state index contributed by atoms with van der Waals surface area (Å²) in [6, 6.07) is 8.73. The molecule has 0 unspecified atom stereocenters. The maximum absolute atomic E-state index is 11.5. The first kappa shape index (κ1) is 12.4. The van der Waals surface area contributed by atoms with Gasteiger partial charge in [-0.1, -0.05) is 17.7 Å². The van der Waals surface area contributed by atoms with E-state index in [0.717, 1.165) is 0 Å². The summed E-state index contributed by atoms with van der Waals surface area (Å²) in [5, 5.41) is 9.63. The number of hydrogen-bond donors (Lipinski definition) is 2. The van der Waals surface area contributed by atoms with Crippen LogP contribution in [0, 0.1) is 0 Å². The van der Waals surface area contributed by atoms with E-state index < -0.39 is 0 Å². The molecule has 94 valence electrons. The van der Waals surface area contributed by atoms with Crippen molar-refractivity contribution in [1.29, 1.82) is 0 Å². The topological polar surface area (TPSA) is 67.0 Å². The van der Waals surface area contributed by atoms with Crippen molar-refractivity contribution in [2.45, 2.75) is 6.42 Å². The minimum atomic E-state index is -0.138. The van der Waals surface area contributed by atoms with Crippen LogP contribution in [0.1, 0.15) is 6.42 Å². The zero-order chi connectivity index (χ0) is 12.8. The van der Waals surface area contributed by atoms with E-state index >= 15 is 0 Å². The highest BCUT2D eigenvalue weighted by molar-refractivity contribution is 6.30. The zero-order valence-electron chi connectivity index (χ0n) is 9.52. The molecule has 0 spiro atoms. The lowest BCUT2D eigenvalue weighted by molar-refractivity contribution is -0.116. The van der Waals surface area contributed by atoms with Crippen LogP contribution >= 0.6 is 11.6 Å². The predicted octanol–water partition coefficient (Wildman–Crippen LogP) is 2.47. The van der Waals surface area contributed by atoms with Crippen molar-refractivity contribution in [3.8, 4) is 5.75 Å². The molecule has 1 aromatic heterocycles. The summed E-state index contributed by atoms with van der Waals surface area (Å²) in [5.41, 5.74) is 0. The molecule has 0 aliphatic heterocycles. The summed E-state index contributed by atoms with van der Waals surface area (Å²) in [4.78, 5) is 11.5. The van der Waals surface area contributed by atoms with Crippen molar-refractivity contribution in [2.75, 3.05) is 11.9 Å². The fourth-order valence-corrected chi connectivity index (χ4v) is 1.54. The Hall–Kier alpha value is -2.01. The first-order chi connectivity index (χ1) is 8.74. The molecule has 0 saturated carbocycles. The molecule has 0 saturated heterocycles. The lowest BCUT2D eigenvalue weighted by atomic mass is 10.3. The number of rotatable bonds is 5. The fourth-order valence-electron chi connectivity index (χ4n) is 1.36. The molecule has 2 N–H and O–H groups in total. The lowest BCUT2D eigenvalue weighted by Gasteiger charge is -2.06. The Morgan fingerprint density at radius 1 is 1.44 bits per heavy atom. The number of hydrogen-bond acceptors (Lipinski definition) is 3. The Morgan fingerprint density at radius 2 is 2.33 bits per heavy atom. The van der Waals surface area contributed by atoms with Crippen LogP contribution in [0.5, 0.6) is 5.75 Å². The summed E-state index contributed by atoms with van der Waals surface area (Å²) in [5.74, 6) is 1.08. The average Bonchev–Trinajstić information content (AvgIpc) is 2.82. The highest BCUT2D eigenvalue weighted by Gasteiger charge is 2.03. The van der Waals surface area contributed by atoms with Crippen molar-refractivity contribution in [3.05, 3.63) is 41.6 Å². The second-order valence-electron chi connectivity index (χ2n) is 3.57. The monoisotopic (exact) mass is 265 g/mol. The second kappa shape index (κ2) is 6.07. The van der Waals surface area contributed by atoms with Gasteiger partial charge >= 0.3 is 0 Å². The van der Waals surface area contributed by atoms with Crippen LogP contribution in [0.2, 0.25) is 5.02 Å². The molecule has 0 atom stereocenters. The molecule has 18 heavy (non-hydrogen) atoms. The number of carbonyl (C=O) groups excluding carboxylic acids is 1. The Balaban J connectivity index is 1.73. The van der Waals surface area contributed by atoms with Crippen LogP contribution in [0.15, 0.2) is 36.5 Å². The number of aromatic nitrogens is 2. The summed E-state index contributed by atoms with van der Waals surface area (Å²) in [6.45, 7) is 0.292. The van der Waals surface area contributed by atoms with Crippen LogP contribution in [-0.2, 0) is 4.79 Å². The van der Waals surface area contributed by atoms with Gasteiger partial charge in [0.2, 0.25) is 5.91 Å². The van der Waals surface area contributed by atoms with Gasteiger partial charge in [-0.25, -0.2) is 0 Å². The number of aromatic amines is 1. The van der Waals surface area contributed by atoms with E-state index in [1.807, 2.05) is 0 Å². The van der Waals surface area contributed by atoms with Gasteiger partial charge in [0.1, 0.15) is 11.6 Å². The summed E-state index contributed by atoms with van der Waals surface area (Å²) < 4.78 is 5.41. The van der Waals surface area contributed by atoms with Crippen molar-refractivity contribution in [3.63, 3.8) is 0 Å². The smallest absolute Gasteiger partial charge is 0.228 e. The minimum absolute atomic E-state index is 0.138. The maximum atomic E-state index is 11.5. The van der Waals surface area contributed by atoms with Crippen molar-refractivity contribution < 1.29 is 9.53 Å². The van der Waals surface area contributed by atoms with Gasteiger partial charge in [0, 0.05) is 11.1 Å². The standard InChI is InChI=1S/C12H12ClN3O2/c13-9-2-1-3-10(8-9)18-7-5-12(17)15-11-4-6-14-16-11/h1-4,6,8H,5,7H2,(H2,14,15,16,17). The molecular formula is C12H12ClN3O2. The first-order valence-corrected chi connectivity index (χ1v) is 5.79. The Labute approximate surface area is 109 Å². The Morgan fingerprint density at radius 3 is 3.06 bits per heavy atom. The molecule has 1 heterocycles. The van der Waals surface area contributed by atoms with Gasteiger partial charge in [-0.05, 0) is 18.2 Å². The van der Waals surface area contributed by atoms with E-state index in [-0.39, 0.29) is 12.3 Å². The van der Waals surface area contributed by atoms with Gasteiger partial charge in [0.05, 0.1) is 19.2 Å². The van der Waals surface area contributed by atoms with Crippen LogP contribution in [0.4, 0.5) is 5.82 Å². The number of H-pyrrole nitrogens is 1.